The van der Waals surface area contributed by atoms with E-state index in [0.717, 1.165) is 0 Å². The fraction of sp³-hybridized carbons (Fsp3) is 0.182. The average Bonchev–Trinajstić information content (AvgIpc) is 2.80. The summed E-state index contributed by atoms with van der Waals surface area (Å²) < 4.78 is 24.7. The Morgan fingerprint density at radius 1 is 1.27 bits per heavy atom. The molecule has 118 valence electrons. The first kappa shape index (κ1) is 17.6. The summed E-state index contributed by atoms with van der Waals surface area (Å²) in [4.78, 5) is 11.1. The van der Waals surface area contributed by atoms with Gasteiger partial charge >= 0.3 is 5.97 Å². The number of nitrogens with zero attached hydrogens (tertiary/aromatic N) is 3. The van der Waals surface area contributed by atoms with Crippen LogP contribution in [0, 0.1) is 6.92 Å². The molecule has 1 aromatic carbocycles. The molecular weight excluding hydrogens is 510 g/mol. The molecule has 0 aliphatic heterocycles. The summed E-state index contributed by atoms with van der Waals surface area (Å²) in [6, 6.07) is 5.83. The van der Waals surface area contributed by atoms with Crippen LogP contribution in [-0.2, 0) is 9.84 Å². The number of alkyl halides is 3. The van der Waals surface area contributed by atoms with Crippen LogP contribution in [0.5, 0.6) is 0 Å². The van der Waals surface area contributed by atoms with Crippen LogP contribution in [0.4, 0.5) is 0 Å². The van der Waals surface area contributed by atoms with Crippen molar-refractivity contribution in [2.75, 3.05) is 0 Å². The Kier molecular flexibility index (Phi) is 4.81. The van der Waals surface area contributed by atoms with E-state index in [-0.39, 0.29) is 10.7 Å². The number of aryl methyl sites for hydroxylation is 1. The molecule has 0 aliphatic rings. The number of carboxylic acids is 1. The SMILES string of the molecule is Cc1nnc(S(=O)(=O)C(Br)(Br)Br)n1-c1cccc(C(=O)O)c1. The minimum absolute atomic E-state index is 0.0248. The number of benzene rings is 1. The predicted molar refractivity (Wildman–Crippen MR) is 89.8 cm³/mol. The number of hydrogen-bond donors (Lipinski definition) is 1. The van der Waals surface area contributed by atoms with Gasteiger partial charge in [0.25, 0.3) is 5.16 Å². The van der Waals surface area contributed by atoms with Gasteiger partial charge in [-0.1, -0.05) is 6.07 Å². The summed E-state index contributed by atoms with van der Waals surface area (Å²) in [6.45, 7) is 1.57. The molecule has 0 amide bonds. The molecule has 0 aliphatic carbocycles. The van der Waals surface area contributed by atoms with E-state index in [1.54, 1.807) is 13.0 Å². The summed E-state index contributed by atoms with van der Waals surface area (Å²) in [7, 11) is -3.98. The Morgan fingerprint density at radius 3 is 2.45 bits per heavy atom. The van der Waals surface area contributed by atoms with Gasteiger partial charge in [0.1, 0.15) is 5.82 Å². The molecule has 11 heteroatoms. The maximum absolute atomic E-state index is 12.5. The maximum atomic E-state index is 12.5. The van der Waals surface area contributed by atoms with Crippen LogP contribution < -0.4 is 0 Å². The van der Waals surface area contributed by atoms with E-state index < -0.39 is 17.3 Å². The van der Waals surface area contributed by atoms with Crippen molar-refractivity contribution in [3.63, 3.8) is 0 Å². The first-order chi connectivity index (χ1) is 10.1. The van der Waals surface area contributed by atoms with E-state index in [1.807, 2.05) is 0 Å². The highest BCUT2D eigenvalue weighted by molar-refractivity contribution is 9.42. The largest absolute Gasteiger partial charge is 0.478 e. The van der Waals surface area contributed by atoms with Crippen LogP contribution in [-0.4, -0.2) is 35.7 Å². The third kappa shape index (κ3) is 3.12. The quantitative estimate of drug-likeness (QED) is 0.628. The second-order valence-corrected chi connectivity index (χ2v) is 14.5. The van der Waals surface area contributed by atoms with Crippen LogP contribution in [0.3, 0.4) is 0 Å². The van der Waals surface area contributed by atoms with Gasteiger partial charge in [-0.15, -0.1) is 10.2 Å². The number of carboxylic acid groups (broad SMARTS) is 1. The fourth-order valence-corrected chi connectivity index (χ4v) is 3.83. The molecule has 2 aromatic rings. The Hall–Kier alpha value is -0.780. The molecule has 1 N–H and O–H groups in total. The highest BCUT2D eigenvalue weighted by Crippen LogP contribution is 2.43. The first-order valence-corrected chi connectivity index (χ1v) is 9.49. The lowest BCUT2D eigenvalue weighted by Crippen LogP contribution is -2.22. The van der Waals surface area contributed by atoms with Gasteiger partial charge in [-0.2, -0.15) is 0 Å². The van der Waals surface area contributed by atoms with Crippen LogP contribution in [0.25, 0.3) is 5.69 Å². The van der Waals surface area contributed by atoms with Gasteiger partial charge in [-0.3, -0.25) is 4.57 Å². The lowest BCUT2D eigenvalue weighted by Gasteiger charge is -2.14. The molecule has 0 saturated heterocycles. The lowest BCUT2D eigenvalue weighted by atomic mass is 10.2. The summed E-state index contributed by atoms with van der Waals surface area (Å²) in [5.74, 6) is -0.814. The van der Waals surface area contributed by atoms with Gasteiger partial charge in [0.05, 0.1) is 11.3 Å². The molecule has 7 nitrogen and oxygen atoms in total. The molecule has 0 atom stereocenters. The molecule has 2 rings (SSSR count). The minimum Gasteiger partial charge on any atom is -0.478 e. The van der Waals surface area contributed by atoms with Gasteiger partial charge in [0.15, 0.2) is 0 Å². The minimum atomic E-state index is -3.98. The number of aromatic nitrogens is 3. The van der Waals surface area contributed by atoms with Crippen molar-refractivity contribution in [2.24, 2.45) is 0 Å². The highest BCUT2D eigenvalue weighted by Gasteiger charge is 2.42. The van der Waals surface area contributed by atoms with Gasteiger partial charge < -0.3 is 5.11 Å². The molecule has 0 unspecified atom stereocenters. The number of sulfone groups is 1. The second-order valence-electron chi connectivity index (χ2n) is 4.17. The van der Waals surface area contributed by atoms with Gasteiger partial charge in [-0.05, 0) is 72.9 Å². The summed E-state index contributed by atoms with van der Waals surface area (Å²) >= 11 is 8.88. The second kappa shape index (κ2) is 6.02. The Balaban J connectivity index is 2.71. The van der Waals surface area contributed by atoms with Crippen molar-refractivity contribution in [2.45, 2.75) is 13.6 Å². The topological polar surface area (TPSA) is 102 Å². The monoisotopic (exact) mass is 515 g/mol. The predicted octanol–water partition coefficient (Wildman–Crippen LogP) is 2.84. The van der Waals surface area contributed by atoms with Crippen molar-refractivity contribution >= 4 is 63.6 Å². The van der Waals surface area contributed by atoms with Crippen LogP contribution in [0.2, 0.25) is 0 Å². The van der Waals surface area contributed by atoms with E-state index in [2.05, 4.69) is 58.0 Å². The fourth-order valence-electron chi connectivity index (χ4n) is 1.70. The standard InChI is InChI=1S/C11H8Br3N3O4S/c1-6-15-16-10(22(20,21)11(12,13)14)17(6)8-4-2-3-7(5-8)9(18)19/h2-5H,1H3,(H,18,19). The first-order valence-electron chi connectivity index (χ1n) is 5.63. The smallest absolute Gasteiger partial charge is 0.335 e. The number of hydrogen-bond acceptors (Lipinski definition) is 5. The van der Waals surface area contributed by atoms with Crippen molar-refractivity contribution in [1.29, 1.82) is 0 Å². The summed E-state index contributed by atoms with van der Waals surface area (Å²) in [6.07, 6.45) is 0. The molecule has 0 fully saturated rings. The molecule has 1 heterocycles. The zero-order valence-corrected chi connectivity index (χ0v) is 16.4. The zero-order chi connectivity index (χ0) is 16.7. The van der Waals surface area contributed by atoms with Gasteiger partial charge in [0, 0.05) is 0 Å². The van der Waals surface area contributed by atoms with Crippen molar-refractivity contribution in [3.05, 3.63) is 35.7 Å². The molecule has 0 saturated carbocycles. The Bertz CT molecular complexity index is 843. The molecule has 1 aromatic heterocycles. The third-order valence-corrected chi connectivity index (χ3v) is 7.88. The van der Waals surface area contributed by atoms with Crippen molar-refractivity contribution in [3.8, 4) is 5.69 Å². The average molecular weight is 518 g/mol. The number of halogens is 3. The molecule has 0 radical (unpaired) electrons. The Labute approximate surface area is 151 Å². The Morgan fingerprint density at radius 2 is 1.91 bits per heavy atom. The van der Waals surface area contributed by atoms with Gasteiger partial charge in [0.2, 0.25) is 11.3 Å². The van der Waals surface area contributed by atoms with E-state index in [4.69, 9.17) is 5.11 Å². The summed E-state index contributed by atoms with van der Waals surface area (Å²) in [5, 5.41) is 16.2. The third-order valence-electron chi connectivity index (χ3n) is 2.69. The number of rotatable bonds is 3. The molecular formula is C11H8Br3N3O4S. The lowest BCUT2D eigenvalue weighted by molar-refractivity contribution is 0.0697. The number of aromatic carboxylic acids is 1. The van der Waals surface area contributed by atoms with Gasteiger partial charge in [-0.25, -0.2) is 13.2 Å². The van der Waals surface area contributed by atoms with Crippen molar-refractivity contribution < 1.29 is 18.3 Å². The molecule has 22 heavy (non-hydrogen) atoms. The highest BCUT2D eigenvalue weighted by atomic mass is 80.0. The molecule has 0 spiro atoms. The summed E-state index contributed by atoms with van der Waals surface area (Å²) in [5.41, 5.74) is 0.356. The normalized spacial score (nSPS) is 12.4. The van der Waals surface area contributed by atoms with E-state index in [9.17, 15) is 13.2 Å². The van der Waals surface area contributed by atoms with Crippen LogP contribution in [0.15, 0.2) is 29.4 Å². The maximum Gasteiger partial charge on any atom is 0.335 e. The van der Waals surface area contributed by atoms with E-state index in [0.29, 0.717) is 11.5 Å². The number of carbonyl (C=O) groups is 1. The van der Waals surface area contributed by atoms with Crippen LogP contribution in [0.1, 0.15) is 16.2 Å². The van der Waals surface area contributed by atoms with Crippen LogP contribution >= 0.6 is 47.8 Å². The van der Waals surface area contributed by atoms with E-state index >= 15 is 0 Å². The van der Waals surface area contributed by atoms with E-state index in [1.165, 1.54) is 22.8 Å². The molecule has 0 bridgehead atoms. The van der Waals surface area contributed by atoms with Crippen molar-refractivity contribution in [1.82, 2.24) is 14.8 Å². The zero-order valence-electron chi connectivity index (χ0n) is 10.9.